The van der Waals surface area contributed by atoms with Gasteiger partial charge in [-0.05, 0) is 68.5 Å². The van der Waals surface area contributed by atoms with Crippen molar-refractivity contribution in [2.75, 3.05) is 12.4 Å². The number of nitrogens with one attached hydrogen (secondary N) is 2. The Morgan fingerprint density at radius 3 is 2.11 bits per heavy atom. The van der Waals surface area contributed by atoms with Crippen LogP contribution in [-0.2, 0) is 20.7 Å². The van der Waals surface area contributed by atoms with E-state index in [9.17, 15) is 14.4 Å². The third kappa shape index (κ3) is 8.27. The normalized spacial score (nSPS) is 13.3. The Morgan fingerprint density at radius 1 is 1.03 bits per heavy atom. The van der Waals surface area contributed by atoms with E-state index in [1.165, 1.54) is 0 Å². The molecule has 8 heteroatoms. The zero-order chi connectivity index (χ0) is 28.5. The van der Waals surface area contributed by atoms with Gasteiger partial charge in [0.05, 0.1) is 7.11 Å². The van der Waals surface area contributed by atoms with Crippen molar-refractivity contribution in [3.05, 3.63) is 59.7 Å². The van der Waals surface area contributed by atoms with Crippen LogP contribution in [0.5, 0.6) is 5.75 Å². The number of methoxy groups -OCH3 is 1. The standard InChI is InChI=1S/C30H39N3O5/c1-9-20(4)25(32-29(36)38-30(5,6)7)28(35)33(11-3)26(22-14-12-21(10-2)13-15-22)27(34)31-23-16-18-24(37-8)19-17-23/h3,12-20,25-26H,9-10H2,1-2,4-8H3,(H,31,34)(H,32,36). The number of ether oxygens (including phenoxy) is 2. The lowest BCUT2D eigenvalue weighted by atomic mass is 9.95. The van der Waals surface area contributed by atoms with Gasteiger partial charge in [0.2, 0.25) is 0 Å². The van der Waals surface area contributed by atoms with Gasteiger partial charge in [-0.2, -0.15) is 0 Å². The summed E-state index contributed by atoms with van der Waals surface area (Å²) in [6.07, 6.45) is 6.53. The van der Waals surface area contributed by atoms with E-state index >= 15 is 0 Å². The summed E-state index contributed by atoms with van der Waals surface area (Å²) < 4.78 is 10.6. The molecule has 204 valence electrons. The van der Waals surface area contributed by atoms with Crippen LogP contribution in [0, 0.1) is 18.4 Å². The van der Waals surface area contributed by atoms with Crippen LogP contribution in [0.1, 0.15) is 65.1 Å². The molecule has 0 aliphatic heterocycles. The first-order valence-corrected chi connectivity index (χ1v) is 12.8. The van der Waals surface area contributed by atoms with E-state index in [4.69, 9.17) is 15.9 Å². The van der Waals surface area contributed by atoms with Crippen molar-refractivity contribution in [3.63, 3.8) is 0 Å². The zero-order valence-corrected chi connectivity index (χ0v) is 23.3. The minimum atomic E-state index is -1.15. The van der Waals surface area contributed by atoms with Crippen molar-refractivity contribution in [1.29, 1.82) is 0 Å². The van der Waals surface area contributed by atoms with E-state index in [2.05, 4.69) is 16.7 Å². The molecule has 0 heterocycles. The topological polar surface area (TPSA) is 97.0 Å². The third-order valence-electron chi connectivity index (χ3n) is 6.10. The number of benzene rings is 2. The molecule has 0 bridgehead atoms. The second-order valence-corrected chi connectivity index (χ2v) is 10.1. The van der Waals surface area contributed by atoms with Gasteiger partial charge in [-0.3, -0.25) is 14.5 Å². The largest absolute Gasteiger partial charge is 0.497 e. The molecule has 2 N–H and O–H groups in total. The summed E-state index contributed by atoms with van der Waals surface area (Å²) in [5, 5.41) is 5.52. The predicted molar refractivity (Wildman–Crippen MR) is 148 cm³/mol. The smallest absolute Gasteiger partial charge is 0.408 e. The number of aryl methyl sites for hydroxylation is 1. The second-order valence-electron chi connectivity index (χ2n) is 10.1. The zero-order valence-electron chi connectivity index (χ0n) is 23.3. The van der Waals surface area contributed by atoms with Crippen LogP contribution in [0.15, 0.2) is 48.5 Å². The van der Waals surface area contributed by atoms with Crippen LogP contribution < -0.4 is 15.4 Å². The number of alkyl carbamates (subject to hydrolysis) is 1. The van der Waals surface area contributed by atoms with Gasteiger partial charge in [0.1, 0.15) is 23.4 Å². The highest BCUT2D eigenvalue weighted by Gasteiger charge is 2.37. The molecule has 0 saturated heterocycles. The first kappa shape index (κ1) is 30.2. The molecule has 0 fully saturated rings. The maximum absolute atomic E-state index is 13.9. The van der Waals surface area contributed by atoms with Gasteiger partial charge in [-0.25, -0.2) is 4.79 Å². The minimum Gasteiger partial charge on any atom is -0.497 e. The fourth-order valence-corrected chi connectivity index (χ4v) is 3.77. The van der Waals surface area contributed by atoms with E-state index in [1.54, 1.807) is 64.3 Å². The highest BCUT2D eigenvalue weighted by Crippen LogP contribution is 2.26. The number of hydrogen-bond donors (Lipinski definition) is 2. The van der Waals surface area contributed by atoms with Crippen molar-refractivity contribution < 1.29 is 23.9 Å². The highest BCUT2D eigenvalue weighted by molar-refractivity contribution is 5.99. The summed E-state index contributed by atoms with van der Waals surface area (Å²) >= 11 is 0. The Labute approximate surface area is 226 Å². The average molecular weight is 522 g/mol. The Balaban J connectivity index is 2.47. The number of carbonyl (C=O) groups excluding carboxylic acids is 3. The van der Waals surface area contributed by atoms with Crippen molar-refractivity contribution in [2.45, 2.75) is 72.1 Å². The summed E-state index contributed by atoms with van der Waals surface area (Å²) in [5.74, 6) is -0.716. The fourth-order valence-electron chi connectivity index (χ4n) is 3.77. The second kappa shape index (κ2) is 13.5. The quantitative estimate of drug-likeness (QED) is 0.327. The van der Waals surface area contributed by atoms with Crippen molar-refractivity contribution in [2.24, 2.45) is 5.92 Å². The van der Waals surface area contributed by atoms with Gasteiger partial charge in [0.25, 0.3) is 11.8 Å². The Kier molecular flexibility index (Phi) is 10.8. The molecule has 0 radical (unpaired) electrons. The molecular formula is C30H39N3O5. The minimum absolute atomic E-state index is 0.279. The number of rotatable bonds is 10. The van der Waals surface area contributed by atoms with Gasteiger partial charge in [0, 0.05) is 11.7 Å². The van der Waals surface area contributed by atoms with E-state index < -0.39 is 35.6 Å². The highest BCUT2D eigenvalue weighted by atomic mass is 16.6. The molecule has 2 aromatic carbocycles. The van der Waals surface area contributed by atoms with Crippen LogP contribution in [0.25, 0.3) is 0 Å². The molecule has 38 heavy (non-hydrogen) atoms. The molecule has 2 rings (SSSR count). The number of hydrogen-bond acceptors (Lipinski definition) is 5. The van der Waals surface area contributed by atoms with Gasteiger partial charge in [-0.15, -0.1) is 0 Å². The summed E-state index contributed by atoms with van der Waals surface area (Å²) in [6.45, 7) is 11.0. The van der Waals surface area contributed by atoms with Gasteiger partial charge >= 0.3 is 6.09 Å². The number of nitrogens with zero attached hydrogens (tertiary/aromatic N) is 1. The first-order valence-electron chi connectivity index (χ1n) is 12.8. The van der Waals surface area contributed by atoms with Crippen LogP contribution in [0.2, 0.25) is 0 Å². The maximum Gasteiger partial charge on any atom is 0.408 e. The van der Waals surface area contributed by atoms with E-state index in [0.717, 1.165) is 16.9 Å². The van der Waals surface area contributed by atoms with Crippen LogP contribution >= 0.6 is 0 Å². The molecule has 0 saturated carbocycles. The lowest BCUT2D eigenvalue weighted by Crippen LogP contribution is -2.53. The van der Waals surface area contributed by atoms with Crippen molar-refractivity contribution in [3.8, 4) is 18.2 Å². The number of amides is 3. The van der Waals surface area contributed by atoms with Crippen LogP contribution in [0.4, 0.5) is 10.5 Å². The molecule has 2 aromatic rings. The Morgan fingerprint density at radius 2 is 1.63 bits per heavy atom. The lowest BCUT2D eigenvalue weighted by molar-refractivity contribution is -0.137. The van der Waals surface area contributed by atoms with Crippen molar-refractivity contribution in [1.82, 2.24) is 10.2 Å². The van der Waals surface area contributed by atoms with Crippen LogP contribution in [-0.4, -0.2) is 41.6 Å². The maximum atomic E-state index is 13.9. The number of terminal acetylenes is 1. The molecule has 3 unspecified atom stereocenters. The van der Waals surface area contributed by atoms with Gasteiger partial charge < -0.3 is 20.1 Å². The number of anilines is 1. The summed E-state index contributed by atoms with van der Waals surface area (Å²) in [5.41, 5.74) is 1.38. The summed E-state index contributed by atoms with van der Waals surface area (Å²) in [7, 11) is 1.55. The van der Waals surface area contributed by atoms with Gasteiger partial charge in [-0.1, -0.05) is 57.9 Å². The fraction of sp³-hybridized carbons (Fsp3) is 0.433. The molecule has 0 spiro atoms. The van der Waals surface area contributed by atoms with E-state index in [1.807, 2.05) is 32.9 Å². The Hall–Kier alpha value is -3.99. The summed E-state index contributed by atoms with van der Waals surface area (Å²) in [6, 6.07) is 14.4. The Bertz CT molecular complexity index is 1130. The van der Waals surface area contributed by atoms with Gasteiger partial charge in [0.15, 0.2) is 0 Å². The molecule has 0 aromatic heterocycles. The molecule has 8 nitrogen and oxygen atoms in total. The monoisotopic (exact) mass is 521 g/mol. The molecule has 3 atom stereocenters. The molecule has 3 amide bonds. The van der Waals surface area contributed by atoms with Crippen molar-refractivity contribution >= 4 is 23.6 Å². The number of carbonyl (C=O) groups is 3. The predicted octanol–water partition coefficient (Wildman–Crippen LogP) is 5.30. The first-order chi connectivity index (χ1) is 17.9. The third-order valence-corrected chi connectivity index (χ3v) is 6.10. The van der Waals surface area contributed by atoms with E-state index in [0.29, 0.717) is 23.4 Å². The molecular weight excluding hydrogens is 482 g/mol. The SMILES string of the molecule is C#CN(C(=O)C(NC(=O)OC(C)(C)C)C(C)CC)C(C(=O)Nc1ccc(OC)cc1)c1ccc(CC)cc1. The lowest BCUT2D eigenvalue weighted by Gasteiger charge is -2.32. The average Bonchev–Trinajstić information content (AvgIpc) is 2.89. The summed E-state index contributed by atoms with van der Waals surface area (Å²) in [4.78, 5) is 41.2. The van der Waals surface area contributed by atoms with Crippen LogP contribution in [0.3, 0.4) is 0 Å². The molecule has 0 aliphatic rings. The van der Waals surface area contributed by atoms with E-state index in [-0.39, 0.29) is 5.92 Å². The molecule has 0 aliphatic carbocycles.